The lowest BCUT2D eigenvalue weighted by atomic mass is 9.94. The van der Waals surface area contributed by atoms with Crippen molar-refractivity contribution in [1.29, 1.82) is 0 Å². The van der Waals surface area contributed by atoms with Gasteiger partial charge in [0.15, 0.2) is 15.8 Å². The number of thioether (sulfide) groups is 1. The van der Waals surface area contributed by atoms with E-state index in [1.54, 1.807) is 42.5 Å². The van der Waals surface area contributed by atoms with E-state index in [-0.39, 0.29) is 29.2 Å². The Hall–Kier alpha value is -4.32. The van der Waals surface area contributed by atoms with Gasteiger partial charge in [-0.2, -0.15) is 0 Å². The molecule has 3 aromatic carbocycles. The van der Waals surface area contributed by atoms with Crippen LogP contribution in [0.2, 0.25) is 5.02 Å². The van der Waals surface area contributed by atoms with Crippen molar-refractivity contribution in [2.45, 2.75) is 42.5 Å². The first-order chi connectivity index (χ1) is 22.3. The zero-order chi connectivity index (χ0) is 32.4. The monoisotopic (exact) mass is 675 g/mol. The number of amides is 1. The molecule has 0 saturated carbocycles. The van der Waals surface area contributed by atoms with Gasteiger partial charge in [-0.3, -0.25) is 14.5 Å². The molecule has 0 bridgehead atoms. The number of ether oxygens (including phenoxy) is 3. The van der Waals surface area contributed by atoms with Gasteiger partial charge in [-0.1, -0.05) is 71.6 Å². The van der Waals surface area contributed by atoms with Crippen molar-refractivity contribution in [2.24, 2.45) is 0 Å². The van der Waals surface area contributed by atoms with E-state index < -0.39 is 17.7 Å². The second-order valence-electron chi connectivity index (χ2n) is 10.6. The largest absolute Gasteiger partial charge is 0.507 e. The standard InChI is InChI=1S/C34H30ClN3O6S2/c1-4-14-43-26-13-10-20(17-27(26)42-5-2)29-28(30(39)21-11-12-25-23(16-21)15-19(3)44-25)31(40)32(41)38(29)33-36-37-34(46-33)45-18-22-8-6-7-9-24(22)35/h4,6-13,16-17,19,29,39H,1,5,14-15,18H2,2-3H3/t19-,29-/m0/s1. The molecule has 4 aromatic rings. The van der Waals surface area contributed by atoms with Crippen LogP contribution in [0.4, 0.5) is 5.13 Å². The Morgan fingerprint density at radius 1 is 1.15 bits per heavy atom. The highest BCUT2D eigenvalue weighted by Crippen LogP contribution is 2.46. The smallest absolute Gasteiger partial charge is 0.301 e. The second-order valence-corrected chi connectivity index (χ2v) is 13.2. The number of fused-ring (bicyclic) bond motifs is 1. The molecule has 1 aromatic heterocycles. The Morgan fingerprint density at radius 3 is 2.76 bits per heavy atom. The van der Waals surface area contributed by atoms with Gasteiger partial charge in [-0.25, -0.2) is 0 Å². The van der Waals surface area contributed by atoms with Crippen LogP contribution in [-0.4, -0.2) is 46.3 Å². The number of aliphatic hydroxyl groups excluding tert-OH is 1. The number of aromatic nitrogens is 2. The molecule has 1 N–H and O–H groups in total. The maximum atomic E-state index is 13.8. The van der Waals surface area contributed by atoms with Crippen molar-refractivity contribution in [3.05, 3.63) is 106 Å². The van der Waals surface area contributed by atoms with E-state index in [2.05, 4.69) is 16.8 Å². The van der Waals surface area contributed by atoms with Crippen LogP contribution < -0.4 is 19.1 Å². The third kappa shape index (κ3) is 6.22. The van der Waals surface area contributed by atoms with Gasteiger partial charge in [0.05, 0.1) is 18.2 Å². The van der Waals surface area contributed by atoms with Gasteiger partial charge in [-0.15, -0.1) is 10.2 Å². The molecule has 236 valence electrons. The van der Waals surface area contributed by atoms with E-state index in [1.807, 2.05) is 38.1 Å². The van der Waals surface area contributed by atoms with Gasteiger partial charge in [0.1, 0.15) is 24.2 Å². The van der Waals surface area contributed by atoms with Crippen LogP contribution in [0.5, 0.6) is 17.2 Å². The highest BCUT2D eigenvalue weighted by Gasteiger charge is 2.48. The Kier molecular flexibility index (Phi) is 9.34. The van der Waals surface area contributed by atoms with Gasteiger partial charge < -0.3 is 19.3 Å². The fraction of sp³-hybridized carbons (Fsp3) is 0.235. The van der Waals surface area contributed by atoms with Crippen molar-refractivity contribution in [2.75, 3.05) is 18.1 Å². The number of carbonyl (C=O) groups excluding carboxylic acids is 2. The van der Waals surface area contributed by atoms with Crippen LogP contribution >= 0.6 is 34.7 Å². The minimum Gasteiger partial charge on any atom is -0.507 e. The number of aliphatic hydroxyl groups is 1. The minimum atomic E-state index is -1.02. The molecule has 2 aliphatic rings. The molecule has 0 spiro atoms. The number of rotatable bonds is 11. The summed E-state index contributed by atoms with van der Waals surface area (Å²) in [5.41, 5.74) is 2.70. The number of carbonyl (C=O) groups is 2. The third-order valence-electron chi connectivity index (χ3n) is 7.46. The minimum absolute atomic E-state index is 0.000768. The number of Topliss-reactive ketones (excluding diaryl/α,β-unsaturated/α-hetero) is 1. The van der Waals surface area contributed by atoms with Gasteiger partial charge in [-0.05, 0) is 66.9 Å². The fourth-order valence-electron chi connectivity index (χ4n) is 5.41. The lowest BCUT2D eigenvalue weighted by molar-refractivity contribution is -0.132. The Labute approximate surface area is 279 Å². The number of halogens is 1. The maximum Gasteiger partial charge on any atom is 0.301 e. The highest BCUT2D eigenvalue weighted by molar-refractivity contribution is 8.00. The zero-order valence-electron chi connectivity index (χ0n) is 25.1. The van der Waals surface area contributed by atoms with Gasteiger partial charge >= 0.3 is 5.91 Å². The predicted molar refractivity (Wildman–Crippen MR) is 179 cm³/mol. The van der Waals surface area contributed by atoms with Gasteiger partial charge in [0.2, 0.25) is 5.13 Å². The highest BCUT2D eigenvalue weighted by atomic mass is 35.5. The molecule has 12 heteroatoms. The molecule has 1 fully saturated rings. The zero-order valence-corrected chi connectivity index (χ0v) is 27.5. The number of ketones is 1. The Bertz CT molecular complexity index is 1860. The summed E-state index contributed by atoms with van der Waals surface area (Å²) in [5.74, 6) is 0.213. The van der Waals surface area contributed by atoms with Crippen LogP contribution in [0.3, 0.4) is 0 Å². The van der Waals surface area contributed by atoms with E-state index in [0.717, 1.165) is 16.9 Å². The van der Waals surface area contributed by atoms with Crippen LogP contribution in [0, 0.1) is 0 Å². The summed E-state index contributed by atoms with van der Waals surface area (Å²) < 4.78 is 18.1. The summed E-state index contributed by atoms with van der Waals surface area (Å²) in [4.78, 5) is 28.9. The fourth-order valence-corrected chi connectivity index (χ4v) is 7.57. The molecule has 0 aliphatic carbocycles. The molecule has 6 rings (SSSR count). The molecule has 0 radical (unpaired) electrons. The first-order valence-corrected chi connectivity index (χ1v) is 16.8. The van der Waals surface area contributed by atoms with Crippen LogP contribution in [0.25, 0.3) is 5.76 Å². The molecule has 9 nitrogen and oxygen atoms in total. The van der Waals surface area contributed by atoms with Crippen molar-refractivity contribution < 1.29 is 28.9 Å². The summed E-state index contributed by atoms with van der Waals surface area (Å²) >= 11 is 8.93. The molecular formula is C34H30ClN3O6S2. The Morgan fingerprint density at radius 2 is 1.98 bits per heavy atom. The first kappa shape index (κ1) is 31.7. The van der Waals surface area contributed by atoms with E-state index in [9.17, 15) is 14.7 Å². The maximum absolute atomic E-state index is 13.8. The second kappa shape index (κ2) is 13.6. The van der Waals surface area contributed by atoms with Crippen molar-refractivity contribution in [1.82, 2.24) is 10.2 Å². The van der Waals surface area contributed by atoms with E-state index in [4.69, 9.17) is 25.8 Å². The SMILES string of the molecule is C=CCOc1ccc([C@H]2C(=C(O)c3ccc4c(c3)C[C@H](C)O4)C(=O)C(=O)N2c2nnc(SCc3ccccc3Cl)s2)cc1OCC. The van der Waals surface area contributed by atoms with Gasteiger partial charge in [0.25, 0.3) is 5.78 Å². The van der Waals surface area contributed by atoms with Crippen molar-refractivity contribution >= 4 is 57.3 Å². The lowest BCUT2D eigenvalue weighted by Gasteiger charge is -2.23. The molecule has 2 aliphatic heterocycles. The summed E-state index contributed by atoms with van der Waals surface area (Å²) in [7, 11) is 0. The van der Waals surface area contributed by atoms with Crippen LogP contribution in [-0.2, 0) is 21.8 Å². The third-order valence-corrected chi connectivity index (χ3v) is 9.94. The summed E-state index contributed by atoms with van der Waals surface area (Å²) in [6.45, 7) is 8.13. The Balaban J connectivity index is 1.43. The molecule has 46 heavy (non-hydrogen) atoms. The predicted octanol–water partition coefficient (Wildman–Crippen LogP) is 7.40. The quantitative estimate of drug-likeness (QED) is 0.0434. The number of hydrogen-bond acceptors (Lipinski definition) is 10. The van der Waals surface area contributed by atoms with Gasteiger partial charge in [0, 0.05) is 22.8 Å². The number of anilines is 1. The molecule has 1 saturated heterocycles. The number of hydrogen-bond donors (Lipinski definition) is 1. The lowest BCUT2D eigenvalue weighted by Crippen LogP contribution is -2.29. The molecule has 1 amide bonds. The van der Waals surface area contributed by atoms with E-state index >= 15 is 0 Å². The molecule has 0 unspecified atom stereocenters. The topological polar surface area (TPSA) is 111 Å². The van der Waals surface area contributed by atoms with E-state index in [1.165, 1.54) is 28.0 Å². The summed E-state index contributed by atoms with van der Waals surface area (Å²) in [6, 6.07) is 16.9. The van der Waals surface area contributed by atoms with Crippen molar-refractivity contribution in [3.8, 4) is 17.2 Å². The average molecular weight is 676 g/mol. The molecular weight excluding hydrogens is 646 g/mol. The molecule has 3 heterocycles. The number of nitrogens with zero attached hydrogens (tertiary/aromatic N) is 3. The van der Waals surface area contributed by atoms with Crippen LogP contribution in [0.15, 0.2) is 83.2 Å². The number of benzene rings is 3. The average Bonchev–Trinajstić information content (AvgIpc) is 3.74. The summed E-state index contributed by atoms with van der Waals surface area (Å²) in [5, 5.41) is 21.2. The van der Waals surface area contributed by atoms with Crippen LogP contribution in [0.1, 0.15) is 42.1 Å². The first-order valence-electron chi connectivity index (χ1n) is 14.6. The van der Waals surface area contributed by atoms with E-state index in [0.29, 0.717) is 50.8 Å². The molecule has 2 atom stereocenters. The van der Waals surface area contributed by atoms with Crippen molar-refractivity contribution in [3.63, 3.8) is 0 Å². The summed E-state index contributed by atoms with van der Waals surface area (Å²) in [6.07, 6.45) is 2.29. The normalized spacial score (nSPS) is 18.4.